The highest BCUT2D eigenvalue weighted by Gasteiger charge is 2.17. The Hall–Kier alpha value is 0.452. The van der Waals surface area contributed by atoms with Gasteiger partial charge in [-0.05, 0) is 41.5 Å². The summed E-state index contributed by atoms with van der Waals surface area (Å²) >= 11 is -0.797. The van der Waals surface area contributed by atoms with Crippen LogP contribution in [0.5, 0.6) is 0 Å². The maximum Gasteiger partial charge on any atom is 0.650 e. The van der Waals surface area contributed by atoms with Gasteiger partial charge in [0, 0.05) is 11.2 Å². The van der Waals surface area contributed by atoms with Crippen LogP contribution in [0.2, 0.25) is 0 Å². The fourth-order valence-electron chi connectivity index (χ4n) is 0.383. The van der Waals surface area contributed by atoms with Crippen molar-refractivity contribution in [3.05, 3.63) is 0 Å². The molecule has 0 aromatic carbocycles. The lowest BCUT2D eigenvalue weighted by molar-refractivity contribution is 0.0511. The second-order valence-electron chi connectivity index (χ2n) is 4.63. The van der Waals surface area contributed by atoms with Gasteiger partial charge in [0.1, 0.15) is 0 Å². The van der Waals surface area contributed by atoms with E-state index in [2.05, 4.69) is 0 Å². The zero-order chi connectivity index (χ0) is 9.12. The van der Waals surface area contributed by atoms with Gasteiger partial charge in [0.25, 0.3) is 0 Å². The zero-order valence-corrected chi connectivity index (χ0v) is 9.94. The van der Waals surface area contributed by atoms with Crippen LogP contribution in [-0.4, -0.2) is 27.1 Å². The van der Waals surface area contributed by atoms with Crippen LogP contribution in [0.1, 0.15) is 41.5 Å². The van der Waals surface area contributed by atoms with Crippen LogP contribution >= 0.6 is 0 Å². The molecule has 0 rings (SSSR count). The molecule has 0 atom stereocenters. The topological polar surface area (TPSA) is 18.5 Å². The van der Waals surface area contributed by atoms with E-state index in [4.69, 9.17) is 7.58 Å². The van der Waals surface area contributed by atoms with Crippen LogP contribution in [0.4, 0.5) is 0 Å². The Bertz CT molecular complexity index is 96.2. The molecule has 0 aromatic rings. The molecule has 0 fully saturated rings. The summed E-state index contributed by atoms with van der Waals surface area (Å²) in [5, 5.41) is 0. The summed E-state index contributed by atoms with van der Waals surface area (Å²) in [6.07, 6.45) is 0. The minimum absolute atomic E-state index is 0.0442. The summed E-state index contributed by atoms with van der Waals surface area (Å²) in [4.78, 5) is 0. The molecule has 0 aliphatic rings. The van der Waals surface area contributed by atoms with Crippen molar-refractivity contribution in [3.8, 4) is 0 Å². The van der Waals surface area contributed by atoms with Crippen molar-refractivity contribution in [1.82, 2.24) is 0 Å². The first-order valence-electron chi connectivity index (χ1n) is 3.99. The van der Waals surface area contributed by atoms with Gasteiger partial charge in [-0.15, -0.1) is 0 Å². The van der Waals surface area contributed by atoms with Crippen LogP contribution in [-0.2, 0) is 7.58 Å². The third-order valence-corrected chi connectivity index (χ3v) is 2.95. The normalized spacial score (nSPS) is 13.3. The molecule has 0 bridgehead atoms. The van der Waals surface area contributed by atoms with E-state index in [9.17, 15) is 0 Å². The van der Waals surface area contributed by atoms with E-state index < -0.39 is 15.9 Å². The Morgan fingerprint density at radius 2 is 1.00 bits per heavy atom. The van der Waals surface area contributed by atoms with E-state index in [0.717, 1.165) is 0 Å². The Balaban J connectivity index is 3.44. The molecule has 0 aliphatic heterocycles. The monoisotopic (exact) mass is 174 g/mol. The SMILES string of the molecule is CC(C)(C)[O][AlH][O]C(C)(C)C. The lowest BCUT2D eigenvalue weighted by Gasteiger charge is -2.25. The lowest BCUT2D eigenvalue weighted by Crippen LogP contribution is -2.29. The van der Waals surface area contributed by atoms with E-state index in [1.165, 1.54) is 0 Å². The van der Waals surface area contributed by atoms with E-state index >= 15 is 0 Å². The molecule has 0 aliphatic carbocycles. The van der Waals surface area contributed by atoms with Crippen molar-refractivity contribution in [2.45, 2.75) is 52.7 Å². The minimum atomic E-state index is -0.797. The molecular formula is C8H19AlO2. The average Bonchev–Trinajstić information content (AvgIpc) is 1.55. The maximum absolute atomic E-state index is 5.52. The van der Waals surface area contributed by atoms with Crippen molar-refractivity contribution in [3.63, 3.8) is 0 Å². The standard InChI is InChI=1S/2C4H9O.Al.H/c2*1-4(2,3)5;;/h2*1-3H3;;/q2*-1;+2;. The molecule has 66 valence electrons. The van der Waals surface area contributed by atoms with Crippen LogP contribution in [0, 0.1) is 0 Å². The second kappa shape index (κ2) is 3.91. The van der Waals surface area contributed by atoms with Crippen molar-refractivity contribution >= 4 is 15.9 Å². The van der Waals surface area contributed by atoms with E-state index in [1.54, 1.807) is 0 Å². The Labute approximate surface area is 76.7 Å². The molecule has 11 heavy (non-hydrogen) atoms. The molecule has 0 saturated carbocycles. The first-order valence-corrected chi connectivity index (χ1v) is 5.14. The Kier molecular flexibility index (Phi) is 4.07. The fraction of sp³-hybridized carbons (Fsp3) is 1.00. The number of rotatable bonds is 2. The van der Waals surface area contributed by atoms with Crippen LogP contribution in [0.15, 0.2) is 0 Å². The van der Waals surface area contributed by atoms with E-state index in [0.29, 0.717) is 0 Å². The first-order chi connectivity index (χ1) is 4.71. The van der Waals surface area contributed by atoms with Crippen LogP contribution in [0.25, 0.3) is 0 Å². The van der Waals surface area contributed by atoms with Gasteiger partial charge in [-0.1, -0.05) is 0 Å². The third-order valence-electron chi connectivity index (χ3n) is 0.984. The quantitative estimate of drug-likeness (QED) is 0.595. The average molecular weight is 174 g/mol. The van der Waals surface area contributed by atoms with Gasteiger partial charge in [0.2, 0.25) is 0 Å². The van der Waals surface area contributed by atoms with Crippen LogP contribution < -0.4 is 0 Å². The summed E-state index contributed by atoms with van der Waals surface area (Å²) in [6.45, 7) is 12.3. The fourth-order valence-corrected chi connectivity index (χ4v) is 1.15. The van der Waals surface area contributed by atoms with Gasteiger partial charge in [0.15, 0.2) is 0 Å². The largest absolute Gasteiger partial charge is 0.650 e. The lowest BCUT2D eigenvalue weighted by atomic mass is 10.2. The summed E-state index contributed by atoms with van der Waals surface area (Å²) in [5.41, 5.74) is -0.0883. The van der Waals surface area contributed by atoms with Crippen molar-refractivity contribution in [2.24, 2.45) is 0 Å². The summed E-state index contributed by atoms with van der Waals surface area (Å²) in [5.74, 6) is 0. The van der Waals surface area contributed by atoms with Crippen molar-refractivity contribution in [2.75, 3.05) is 0 Å². The number of hydrogen-bond donors (Lipinski definition) is 0. The van der Waals surface area contributed by atoms with Crippen LogP contribution in [0.3, 0.4) is 0 Å². The van der Waals surface area contributed by atoms with Gasteiger partial charge in [-0.25, -0.2) is 0 Å². The van der Waals surface area contributed by atoms with Crippen molar-refractivity contribution < 1.29 is 7.58 Å². The molecule has 3 heteroatoms. The molecular weight excluding hydrogens is 155 g/mol. The maximum atomic E-state index is 5.52. The zero-order valence-electron chi connectivity index (χ0n) is 8.52. The smallest absolute Gasteiger partial charge is 0.477 e. The van der Waals surface area contributed by atoms with Gasteiger partial charge in [0.05, 0.1) is 0 Å². The molecule has 0 N–H and O–H groups in total. The first kappa shape index (κ1) is 11.5. The molecule has 0 heterocycles. The van der Waals surface area contributed by atoms with Gasteiger partial charge in [-0.2, -0.15) is 0 Å². The molecule has 0 radical (unpaired) electrons. The molecule has 2 nitrogen and oxygen atoms in total. The number of hydrogen-bond acceptors (Lipinski definition) is 2. The predicted molar refractivity (Wildman–Crippen MR) is 48.8 cm³/mol. The third kappa shape index (κ3) is 10.5. The minimum Gasteiger partial charge on any atom is -0.477 e. The summed E-state index contributed by atoms with van der Waals surface area (Å²) < 4.78 is 11.0. The van der Waals surface area contributed by atoms with E-state index in [-0.39, 0.29) is 11.2 Å². The highest BCUT2D eigenvalue weighted by Crippen LogP contribution is 2.09. The van der Waals surface area contributed by atoms with Gasteiger partial charge >= 0.3 is 15.9 Å². The highest BCUT2D eigenvalue weighted by molar-refractivity contribution is 6.18. The highest BCUT2D eigenvalue weighted by atomic mass is 27.2. The molecule has 0 aromatic heterocycles. The van der Waals surface area contributed by atoms with E-state index in [1.807, 2.05) is 41.5 Å². The van der Waals surface area contributed by atoms with Crippen molar-refractivity contribution in [1.29, 1.82) is 0 Å². The summed E-state index contributed by atoms with van der Waals surface area (Å²) in [6, 6.07) is 0. The Morgan fingerprint density at radius 3 is 1.18 bits per heavy atom. The molecule has 0 saturated heterocycles. The molecule has 0 unspecified atom stereocenters. The predicted octanol–water partition coefficient (Wildman–Crippen LogP) is 1.88. The Morgan fingerprint density at radius 1 is 0.727 bits per heavy atom. The summed E-state index contributed by atoms with van der Waals surface area (Å²) in [7, 11) is 0. The second-order valence-corrected chi connectivity index (χ2v) is 5.44. The van der Waals surface area contributed by atoms with Gasteiger partial charge < -0.3 is 7.58 Å². The molecule has 0 amide bonds. The molecule has 0 spiro atoms. The van der Waals surface area contributed by atoms with Gasteiger partial charge in [-0.3, -0.25) is 0 Å².